The van der Waals surface area contributed by atoms with Gasteiger partial charge in [-0.05, 0) is 72.9 Å². The van der Waals surface area contributed by atoms with E-state index in [1.165, 1.54) is 25.9 Å². The first kappa shape index (κ1) is 18.5. The van der Waals surface area contributed by atoms with Gasteiger partial charge in [0.05, 0.1) is 0 Å². The number of amides is 1. The Morgan fingerprint density at radius 1 is 1.13 bits per heavy atom. The van der Waals surface area contributed by atoms with E-state index in [4.69, 9.17) is 4.74 Å². The van der Waals surface area contributed by atoms with Crippen LogP contribution in [0.2, 0.25) is 0 Å². The van der Waals surface area contributed by atoms with E-state index in [-0.39, 0.29) is 6.09 Å². The smallest absolute Gasteiger partial charge is 0.410 e. The van der Waals surface area contributed by atoms with Crippen LogP contribution in [0.3, 0.4) is 0 Å². The summed E-state index contributed by atoms with van der Waals surface area (Å²) in [5, 5.41) is 3.73. The third kappa shape index (κ3) is 6.30. The molecule has 0 aromatic carbocycles. The summed E-state index contributed by atoms with van der Waals surface area (Å²) in [6, 6.07) is 1.13. The lowest BCUT2D eigenvalue weighted by atomic mass is 10.1. The molecule has 0 aromatic heterocycles. The van der Waals surface area contributed by atoms with E-state index in [1.807, 2.05) is 25.7 Å². The molecule has 0 radical (unpaired) electrons. The number of ether oxygens (including phenoxy) is 1. The molecule has 0 aromatic rings. The minimum atomic E-state index is -0.411. The van der Waals surface area contributed by atoms with Gasteiger partial charge in [-0.2, -0.15) is 0 Å². The second kappa shape index (κ2) is 8.34. The Morgan fingerprint density at radius 3 is 2.48 bits per heavy atom. The van der Waals surface area contributed by atoms with E-state index in [0.29, 0.717) is 12.1 Å². The summed E-state index contributed by atoms with van der Waals surface area (Å²) in [7, 11) is 0. The maximum atomic E-state index is 12.2. The van der Waals surface area contributed by atoms with Gasteiger partial charge < -0.3 is 15.0 Å². The molecule has 2 fully saturated rings. The van der Waals surface area contributed by atoms with Crippen LogP contribution >= 0.6 is 0 Å². The van der Waals surface area contributed by atoms with Crippen molar-refractivity contribution >= 4 is 6.09 Å². The lowest BCUT2D eigenvalue weighted by Gasteiger charge is -2.27. The molecule has 2 aliphatic heterocycles. The Balaban J connectivity index is 1.71. The Labute approximate surface area is 141 Å². The molecule has 0 bridgehead atoms. The SMILES string of the molecule is CC(CNC1CCCN(C(=O)OC(C)(C)C)CC1)N1CCCC1. The fourth-order valence-electron chi connectivity index (χ4n) is 3.46. The molecule has 134 valence electrons. The average Bonchev–Trinajstić information content (AvgIpc) is 2.89. The van der Waals surface area contributed by atoms with Gasteiger partial charge in [0, 0.05) is 31.7 Å². The van der Waals surface area contributed by atoms with Crippen molar-refractivity contribution in [2.75, 3.05) is 32.7 Å². The second-order valence-electron chi connectivity index (χ2n) is 8.10. The number of carbonyl (C=O) groups excluding carboxylic acids is 1. The molecule has 2 saturated heterocycles. The van der Waals surface area contributed by atoms with E-state index in [2.05, 4.69) is 17.1 Å². The minimum Gasteiger partial charge on any atom is -0.444 e. The maximum absolute atomic E-state index is 12.2. The predicted molar refractivity (Wildman–Crippen MR) is 93.7 cm³/mol. The summed E-state index contributed by atoms with van der Waals surface area (Å²) >= 11 is 0. The number of carbonyl (C=O) groups is 1. The largest absolute Gasteiger partial charge is 0.444 e. The highest BCUT2D eigenvalue weighted by Gasteiger charge is 2.25. The number of rotatable bonds is 4. The molecular formula is C18H35N3O2. The van der Waals surface area contributed by atoms with E-state index in [0.717, 1.165) is 38.9 Å². The first-order valence-electron chi connectivity index (χ1n) is 9.30. The summed E-state index contributed by atoms with van der Waals surface area (Å²) in [4.78, 5) is 16.6. The maximum Gasteiger partial charge on any atom is 0.410 e. The molecule has 0 saturated carbocycles. The van der Waals surface area contributed by atoms with Crippen LogP contribution in [0.4, 0.5) is 4.79 Å². The van der Waals surface area contributed by atoms with Crippen LogP contribution in [0.1, 0.15) is 59.8 Å². The molecule has 2 atom stereocenters. The highest BCUT2D eigenvalue weighted by Crippen LogP contribution is 2.16. The van der Waals surface area contributed by atoms with Gasteiger partial charge in [-0.1, -0.05) is 0 Å². The molecule has 0 spiro atoms. The number of likely N-dealkylation sites (tertiary alicyclic amines) is 2. The monoisotopic (exact) mass is 325 g/mol. The van der Waals surface area contributed by atoms with Crippen LogP contribution in [0.15, 0.2) is 0 Å². The molecule has 1 N–H and O–H groups in total. The standard InChI is InChI=1S/C18H35N3O2/c1-15(20-10-5-6-11-20)14-19-16-8-7-12-21(13-9-16)17(22)23-18(2,3)4/h15-16,19H,5-14H2,1-4H3. The fourth-order valence-corrected chi connectivity index (χ4v) is 3.46. The molecule has 0 aliphatic carbocycles. The Bertz CT molecular complexity index is 375. The number of hydrogen-bond acceptors (Lipinski definition) is 4. The molecule has 23 heavy (non-hydrogen) atoms. The van der Waals surface area contributed by atoms with Crippen LogP contribution in [0, 0.1) is 0 Å². The van der Waals surface area contributed by atoms with Crippen LogP contribution in [0.25, 0.3) is 0 Å². The van der Waals surface area contributed by atoms with Crippen molar-refractivity contribution in [1.29, 1.82) is 0 Å². The van der Waals surface area contributed by atoms with Crippen molar-refractivity contribution in [3.63, 3.8) is 0 Å². The highest BCUT2D eigenvalue weighted by molar-refractivity contribution is 5.68. The van der Waals surface area contributed by atoms with E-state index >= 15 is 0 Å². The fraction of sp³-hybridized carbons (Fsp3) is 0.944. The molecule has 2 rings (SSSR count). The van der Waals surface area contributed by atoms with Crippen molar-refractivity contribution in [1.82, 2.24) is 15.1 Å². The van der Waals surface area contributed by atoms with Gasteiger partial charge in [0.15, 0.2) is 0 Å². The lowest BCUT2D eigenvalue weighted by Crippen LogP contribution is -2.43. The van der Waals surface area contributed by atoms with Crippen LogP contribution in [-0.2, 0) is 4.74 Å². The molecule has 2 heterocycles. The van der Waals surface area contributed by atoms with Crippen LogP contribution in [-0.4, -0.2) is 66.3 Å². The summed E-state index contributed by atoms with van der Waals surface area (Å²) < 4.78 is 5.49. The Kier molecular flexibility index (Phi) is 6.72. The molecule has 2 unspecified atom stereocenters. The van der Waals surface area contributed by atoms with Crippen LogP contribution in [0.5, 0.6) is 0 Å². The molecule has 5 heteroatoms. The average molecular weight is 325 g/mol. The first-order chi connectivity index (χ1) is 10.8. The molecule has 2 aliphatic rings. The minimum absolute atomic E-state index is 0.163. The van der Waals surface area contributed by atoms with Crippen molar-refractivity contribution in [2.24, 2.45) is 0 Å². The normalized spacial score (nSPS) is 25.2. The van der Waals surface area contributed by atoms with Gasteiger partial charge in [0.1, 0.15) is 5.60 Å². The molecule has 5 nitrogen and oxygen atoms in total. The lowest BCUT2D eigenvalue weighted by molar-refractivity contribution is 0.0256. The van der Waals surface area contributed by atoms with Crippen molar-refractivity contribution in [3.8, 4) is 0 Å². The van der Waals surface area contributed by atoms with Crippen molar-refractivity contribution in [2.45, 2.75) is 77.5 Å². The van der Waals surface area contributed by atoms with Gasteiger partial charge in [-0.3, -0.25) is 4.90 Å². The summed E-state index contributed by atoms with van der Waals surface area (Å²) in [6.45, 7) is 13.3. The van der Waals surface area contributed by atoms with Gasteiger partial charge in [0.2, 0.25) is 0 Å². The van der Waals surface area contributed by atoms with E-state index in [1.54, 1.807) is 0 Å². The van der Waals surface area contributed by atoms with Crippen molar-refractivity contribution in [3.05, 3.63) is 0 Å². The third-order valence-electron chi connectivity index (χ3n) is 4.85. The van der Waals surface area contributed by atoms with Gasteiger partial charge in [-0.25, -0.2) is 4.79 Å². The van der Waals surface area contributed by atoms with Crippen molar-refractivity contribution < 1.29 is 9.53 Å². The zero-order chi connectivity index (χ0) is 16.9. The zero-order valence-electron chi connectivity index (χ0n) is 15.4. The first-order valence-corrected chi connectivity index (χ1v) is 9.30. The summed E-state index contributed by atoms with van der Waals surface area (Å²) in [5.74, 6) is 0. The van der Waals surface area contributed by atoms with Crippen LogP contribution < -0.4 is 5.32 Å². The van der Waals surface area contributed by atoms with E-state index < -0.39 is 5.60 Å². The van der Waals surface area contributed by atoms with Gasteiger partial charge in [-0.15, -0.1) is 0 Å². The summed E-state index contributed by atoms with van der Waals surface area (Å²) in [6.07, 6.45) is 5.74. The Hall–Kier alpha value is -0.810. The second-order valence-corrected chi connectivity index (χ2v) is 8.10. The number of nitrogens with zero attached hydrogens (tertiary/aromatic N) is 2. The number of nitrogens with one attached hydrogen (secondary N) is 1. The molecular weight excluding hydrogens is 290 g/mol. The highest BCUT2D eigenvalue weighted by atomic mass is 16.6. The van der Waals surface area contributed by atoms with Gasteiger partial charge >= 0.3 is 6.09 Å². The third-order valence-corrected chi connectivity index (χ3v) is 4.85. The molecule has 1 amide bonds. The van der Waals surface area contributed by atoms with Gasteiger partial charge in [0.25, 0.3) is 0 Å². The predicted octanol–water partition coefficient (Wildman–Crippen LogP) is 2.85. The summed E-state index contributed by atoms with van der Waals surface area (Å²) in [5.41, 5.74) is -0.411. The number of hydrogen-bond donors (Lipinski definition) is 1. The topological polar surface area (TPSA) is 44.8 Å². The van der Waals surface area contributed by atoms with E-state index in [9.17, 15) is 4.79 Å². The quantitative estimate of drug-likeness (QED) is 0.863. The Morgan fingerprint density at radius 2 is 1.83 bits per heavy atom. The zero-order valence-corrected chi connectivity index (χ0v) is 15.4.